The fraction of sp³-hybridized carbons (Fsp3) is 0.400. The standard InChI is InChI=1S/C15H18N2/c1-11-4-3-5-13(8-11)14-10-17-7-6-12(2)9-15(17)16-14/h3-5,8,10,12H,6-7,9H2,1-2H3/t12-/m0/s1. The van der Waals surface area contributed by atoms with E-state index in [9.17, 15) is 0 Å². The van der Waals surface area contributed by atoms with Crippen LogP contribution in [0.4, 0.5) is 0 Å². The molecule has 2 heteroatoms. The van der Waals surface area contributed by atoms with Gasteiger partial charge in [0, 0.05) is 24.7 Å². The van der Waals surface area contributed by atoms with E-state index in [2.05, 4.69) is 48.9 Å². The van der Waals surface area contributed by atoms with E-state index in [1.807, 2.05) is 0 Å². The average molecular weight is 226 g/mol. The van der Waals surface area contributed by atoms with Gasteiger partial charge in [-0.1, -0.05) is 30.7 Å². The van der Waals surface area contributed by atoms with E-state index in [1.165, 1.54) is 23.4 Å². The molecule has 0 aliphatic carbocycles. The number of benzene rings is 1. The Balaban J connectivity index is 2.00. The molecule has 1 atom stereocenters. The van der Waals surface area contributed by atoms with Gasteiger partial charge in [0.05, 0.1) is 5.69 Å². The fourth-order valence-corrected chi connectivity index (χ4v) is 2.53. The van der Waals surface area contributed by atoms with Crippen molar-refractivity contribution in [2.45, 2.75) is 33.2 Å². The Bertz CT molecular complexity index is 540. The minimum absolute atomic E-state index is 0.773. The second kappa shape index (κ2) is 4.02. The molecule has 0 saturated heterocycles. The van der Waals surface area contributed by atoms with Crippen LogP contribution in [-0.4, -0.2) is 9.55 Å². The van der Waals surface area contributed by atoms with Gasteiger partial charge in [0.1, 0.15) is 5.82 Å². The third-order valence-electron chi connectivity index (χ3n) is 3.57. The first-order valence-corrected chi connectivity index (χ1v) is 6.35. The zero-order valence-electron chi connectivity index (χ0n) is 10.5. The first kappa shape index (κ1) is 10.6. The lowest BCUT2D eigenvalue weighted by atomic mass is 10.0. The topological polar surface area (TPSA) is 17.8 Å². The van der Waals surface area contributed by atoms with E-state index in [4.69, 9.17) is 4.98 Å². The van der Waals surface area contributed by atoms with Gasteiger partial charge >= 0.3 is 0 Å². The molecule has 88 valence electrons. The molecule has 3 rings (SSSR count). The summed E-state index contributed by atoms with van der Waals surface area (Å²) in [4.78, 5) is 4.78. The number of aryl methyl sites for hydroxylation is 2. The van der Waals surface area contributed by atoms with Gasteiger partial charge in [-0.15, -0.1) is 0 Å². The molecule has 2 aromatic rings. The summed E-state index contributed by atoms with van der Waals surface area (Å²) in [7, 11) is 0. The highest BCUT2D eigenvalue weighted by molar-refractivity contribution is 5.59. The Morgan fingerprint density at radius 3 is 3.06 bits per heavy atom. The van der Waals surface area contributed by atoms with Crippen LogP contribution in [0, 0.1) is 12.8 Å². The second-order valence-corrected chi connectivity index (χ2v) is 5.20. The maximum Gasteiger partial charge on any atom is 0.109 e. The zero-order chi connectivity index (χ0) is 11.8. The Morgan fingerprint density at radius 1 is 1.35 bits per heavy atom. The largest absolute Gasteiger partial charge is 0.334 e. The Hall–Kier alpha value is -1.57. The van der Waals surface area contributed by atoms with Crippen LogP contribution >= 0.6 is 0 Å². The van der Waals surface area contributed by atoms with Crippen molar-refractivity contribution in [2.75, 3.05) is 0 Å². The van der Waals surface area contributed by atoms with Gasteiger partial charge in [-0.05, 0) is 25.3 Å². The van der Waals surface area contributed by atoms with Crippen molar-refractivity contribution in [2.24, 2.45) is 5.92 Å². The number of imidazole rings is 1. The van der Waals surface area contributed by atoms with Gasteiger partial charge in [0.15, 0.2) is 0 Å². The minimum Gasteiger partial charge on any atom is -0.334 e. The number of rotatable bonds is 1. The lowest BCUT2D eigenvalue weighted by molar-refractivity contribution is 0.409. The molecule has 0 N–H and O–H groups in total. The number of hydrogen-bond acceptors (Lipinski definition) is 1. The van der Waals surface area contributed by atoms with Gasteiger partial charge < -0.3 is 4.57 Å². The van der Waals surface area contributed by atoms with Crippen molar-refractivity contribution in [1.29, 1.82) is 0 Å². The highest BCUT2D eigenvalue weighted by atomic mass is 15.1. The third-order valence-corrected chi connectivity index (χ3v) is 3.57. The molecule has 0 saturated carbocycles. The Morgan fingerprint density at radius 2 is 2.24 bits per heavy atom. The predicted molar refractivity (Wildman–Crippen MR) is 69.9 cm³/mol. The van der Waals surface area contributed by atoms with Crippen LogP contribution in [0.2, 0.25) is 0 Å². The minimum atomic E-state index is 0.773. The first-order chi connectivity index (χ1) is 8.22. The van der Waals surface area contributed by atoms with Gasteiger partial charge in [0.2, 0.25) is 0 Å². The van der Waals surface area contributed by atoms with Gasteiger partial charge in [-0.2, -0.15) is 0 Å². The SMILES string of the molecule is Cc1cccc(-c2cn3c(n2)C[C@@H](C)CC3)c1. The van der Waals surface area contributed by atoms with Crippen molar-refractivity contribution >= 4 is 0 Å². The summed E-state index contributed by atoms with van der Waals surface area (Å²) in [6.07, 6.45) is 4.60. The molecule has 1 aromatic heterocycles. The van der Waals surface area contributed by atoms with Gasteiger partial charge in [-0.25, -0.2) is 4.98 Å². The quantitative estimate of drug-likeness (QED) is 0.728. The molecule has 1 aliphatic rings. The van der Waals surface area contributed by atoms with Crippen molar-refractivity contribution in [3.63, 3.8) is 0 Å². The number of fused-ring (bicyclic) bond motifs is 1. The van der Waals surface area contributed by atoms with E-state index in [0.29, 0.717) is 0 Å². The van der Waals surface area contributed by atoms with Crippen LogP contribution < -0.4 is 0 Å². The third kappa shape index (κ3) is 1.99. The lowest BCUT2D eigenvalue weighted by Gasteiger charge is -2.18. The number of nitrogens with zero attached hydrogens (tertiary/aromatic N) is 2. The van der Waals surface area contributed by atoms with Crippen LogP contribution in [0.3, 0.4) is 0 Å². The van der Waals surface area contributed by atoms with Gasteiger partial charge in [-0.3, -0.25) is 0 Å². The molecule has 2 heterocycles. The van der Waals surface area contributed by atoms with Crippen molar-refractivity contribution < 1.29 is 0 Å². The summed E-state index contributed by atoms with van der Waals surface area (Å²) < 4.78 is 2.32. The molecule has 0 unspecified atom stereocenters. The molecule has 0 amide bonds. The predicted octanol–water partition coefficient (Wildman–Crippen LogP) is 3.44. The molecular weight excluding hydrogens is 208 g/mol. The van der Waals surface area contributed by atoms with Crippen LogP contribution in [0.15, 0.2) is 30.5 Å². The summed E-state index contributed by atoms with van der Waals surface area (Å²) >= 11 is 0. The molecular formula is C15H18N2. The highest BCUT2D eigenvalue weighted by Gasteiger charge is 2.17. The molecule has 0 spiro atoms. The van der Waals surface area contributed by atoms with E-state index in [1.54, 1.807) is 0 Å². The van der Waals surface area contributed by atoms with E-state index >= 15 is 0 Å². The molecule has 17 heavy (non-hydrogen) atoms. The Labute approximate surface area is 102 Å². The normalized spacial score (nSPS) is 19.1. The smallest absolute Gasteiger partial charge is 0.109 e. The fourth-order valence-electron chi connectivity index (χ4n) is 2.53. The van der Waals surface area contributed by atoms with Gasteiger partial charge in [0.25, 0.3) is 0 Å². The van der Waals surface area contributed by atoms with Crippen molar-refractivity contribution in [1.82, 2.24) is 9.55 Å². The summed E-state index contributed by atoms with van der Waals surface area (Å²) in [5.41, 5.74) is 3.65. The maximum absolute atomic E-state index is 4.78. The van der Waals surface area contributed by atoms with Crippen molar-refractivity contribution in [3.05, 3.63) is 41.9 Å². The van der Waals surface area contributed by atoms with Crippen molar-refractivity contribution in [3.8, 4) is 11.3 Å². The first-order valence-electron chi connectivity index (χ1n) is 6.35. The van der Waals surface area contributed by atoms with Crippen LogP contribution in [0.1, 0.15) is 24.7 Å². The molecule has 0 radical (unpaired) electrons. The molecule has 1 aliphatic heterocycles. The van der Waals surface area contributed by atoms with Crippen LogP contribution in [-0.2, 0) is 13.0 Å². The second-order valence-electron chi connectivity index (χ2n) is 5.20. The number of hydrogen-bond donors (Lipinski definition) is 0. The van der Waals surface area contributed by atoms with Crippen LogP contribution in [0.5, 0.6) is 0 Å². The van der Waals surface area contributed by atoms with Crippen LogP contribution in [0.25, 0.3) is 11.3 Å². The van der Waals surface area contributed by atoms with E-state index in [-0.39, 0.29) is 0 Å². The summed E-state index contributed by atoms with van der Waals surface area (Å²) in [5.74, 6) is 2.02. The number of aromatic nitrogens is 2. The van der Waals surface area contributed by atoms with E-state index in [0.717, 1.165) is 24.6 Å². The van der Waals surface area contributed by atoms with E-state index < -0.39 is 0 Å². The summed E-state index contributed by atoms with van der Waals surface area (Å²) in [6.45, 7) is 5.56. The molecule has 0 bridgehead atoms. The Kier molecular flexibility index (Phi) is 2.50. The molecule has 2 nitrogen and oxygen atoms in total. The summed E-state index contributed by atoms with van der Waals surface area (Å²) in [6, 6.07) is 8.58. The average Bonchev–Trinajstić information content (AvgIpc) is 2.72. The zero-order valence-corrected chi connectivity index (χ0v) is 10.5. The lowest BCUT2D eigenvalue weighted by Crippen LogP contribution is -2.16. The molecule has 0 fully saturated rings. The molecule has 1 aromatic carbocycles. The maximum atomic E-state index is 4.78. The monoisotopic (exact) mass is 226 g/mol. The summed E-state index contributed by atoms with van der Waals surface area (Å²) in [5, 5.41) is 0. The highest BCUT2D eigenvalue weighted by Crippen LogP contribution is 2.25.